The van der Waals surface area contributed by atoms with Gasteiger partial charge in [0.15, 0.2) is 0 Å². The maximum absolute atomic E-state index is 13.3. The molecule has 0 spiro atoms. The molecule has 1 unspecified atom stereocenters. The number of rotatable bonds is 3. The second-order valence-electron chi connectivity index (χ2n) is 5.91. The highest BCUT2D eigenvalue weighted by Gasteiger charge is 2.25. The van der Waals surface area contributed by atoms with Crippen molar-refractivity contribution in [1.82, 2.24) is 9.97 Å². The first-order valence-corrected chi connectivity index (χ1v) is 9.31. The molecule has 7 heteroatoms. The van der Waals surface area contributed by atoms with Crippen LogP contribution in [0.25, 0.3) is 10.9 Å². The van der Waals surface area contributed by atoms with Gasteiger partial charge in [-0.15, -0.1) is 0 Å². The normalized spacial score (nSPS) is 19.5. The minimum absolute atomic E-state index is 0.106. The van der Waals surface area contributed by atoms with Crippen LogP contribution in [-0.2, 0) is 9.84 Å². The van der Waals surface area contributed by atoms with Crippen molar-refractivity contribution < 1.29 is 12.8 Å². The van der Waals surface area contributed by atoms with E-state index in [1.54, 1.807) is 6.07 Å². The minimum Gasteiger partial charge on any atom is -0.356 e. The van der Waals surface area contributed by atoms with E-state index in [9.17, 15) is 12.8 Å². The molecule has 2 heterocycles. The van der Waals surface area contributed by atoms with Gasteiger partial charge in [-0.25, -0.2) is 22.8 Å². The summed E-state index contributed by atoms with van der Waals surface area (Å²) in [5.74, 6) is 0.726. The molecule has 1 fully saturated rings. The first kappa shape index (κ1) is 15.1. The van der Waals surface area contributed by atoms with Gasteiger partial charge in [0, 0.05) is 30.8 Å². The van der Waals surface area contributed by atoms with Crippen LogP contribution in [0.3, 0.4) is 0 Å². The van der Waals surface area contributed by atoms with Gasteiger partial charge in [-0.2, -0.15) is 0 Å². The molecule has 0 radical (unpaired) electrons. The van der Waals surface area contributed by atoms with E-state index in [1.165, 1.54) is 24.7 Å². The van der Waals surface area contributed by atoms with Gasteiger partial charge < -0.3 is 4.90 Å². The van der Waals surface area contributed by atoms with Crippen molar-refractivity contribution in [1.29, 1.82) is 0 Å². The summed E-state index contributed by atoms with van der Waals surface area (Å²) in [5.41, 5.74) is 0.565. The van der Waals surface area contributed by atoms with Gasteiger partial charge in [0.05, 0.1) is 11.3 Å². The lowest BCUT2D eigenvalue weighted by molar-refractivity contribution is 0.443. The molecule has 0 saturated carbocycles. The molecule has 1 aliphatic heterocycles. The molecule has 1 atom stereocenters. The average Bonchev–Trinajstić information content (AvgIpc) is 2.44. The molecule has 5 nitrogen and oxygen atoms in total. The number of fused-ring (bicyclic) bond motifs is 1. The summed E-state index contributed by atoms with van der Waals surface area (Å²) in [6.45, 7) is 1.47. The molecule has 0 bridgehead atoms. The minimum atomic E-state index is -2.99. The molecule has 1 saturated heterocycles. The van der Waals surface area contributed by atoms with E-state index in [0.29, 0.717) is 12.1 Å². The van der Waals surface area contributed by atoms with Crippen LogP contribution in [0, 0.1) is 11.7 Å². The third-order valence-electron chi connectivity index (χ3n) is 3.93. The maximum Gasteiger partial charge on any atom is 0.147 e. The van der Waals surface area contributed by atoms with E-state index in [2.05, 4.69) is 14.9 Å². The predicted molar refractivity (Wildman–Crippen MR) is 84.1 cm³/mol. The quantitative estimate of drug-likeness (QED) is 0.865. The van der Waals surface area contributed by atoms with Crippen LogP contribution in [0.5, 0.6) is 0 Å². The molecule has 2 aromatic rings. The lowest BCUT2D eigenvalue weighted by atomic mass is 10.00. The highest BCUT2D eigenvalue weighted by atomic mass is 32.2. The van der Waals surface area contributed by atoms with Gasteiger partial charge in [0.1, 0.15) is 27.8 Å². The van der Waals surface area contributed by atoms with E-state index in [0.717, 1.165) is 30.6 Å². The zero-order chi connectivity index (χ0) is 15.7. The standard InChI is InChI=1S/C15H18FN3O2S/c1-22(20,21)9-11-3-2-6-19(8-11)15-13-5-4-12(16)7-14(13)17-10-18-15/h4-5,7,10-11H,2-3,6,8-9H2,1H3. The predicted octanol–water partition coefficient (Wildman–Crippen LogP) is 2.03. The smallest absolute Gasteiger partial charge is 0.147 e. The monoisotopic (exact) mass is 323 g/mol. The van der Waals surface area contributed by atoms with Gasteiger partial charge in [-0.3, -0.25) is 0 Å². The summed E-state index contributed by atoms with van der Waals surface area (Å²) >= 11 is 0. The number of anilines is 1. The van der Waals surface area contributed by atoms with E-state index in [4.69, 9.17) is 0 Å². The fourth-order valence-corrected chi connectivity index (χ4v) is 4.22. The third kappa shape index (κ3) is 3.35. The molecule has 22 heavy (non-hydrogen) atoms. The lowest BCUT2D eigenvalue weighted by Crippen LogP contribution is -2.38. The number of benzene rings is 1. The number of hydrogen-bond acceptors (Lipinski definition) is 5. The van der Waals surface area contributed by atoms with Crippen molar-refractivity contribution in [2.24, 2.45) is 5.92 Å². The molecular weight excluding hydrogens is 305 g/mol. The largest absolute Gasteiger partial charge is 0.356 e. The van der Waals surface area contributed by atoms with E-state index in [-0.39, 0.29) is 17.5 Å². The highest BCUT2D eigenvalue weighted by molar-refractivity contribution is 7.90. The fourth-order valence-electron chi connectivity index (χ4n) is 3.09. The number of hydrogen-bond donors (Lipinski definition) is 0. The summed E-state index contributed by atoms with van der Waals surface area (Å²) in [6, 6.07) is 4.46. The highest BCUT2D eigenvalue weighted by Crippen LogP contribution is 2.28. The molecular formula is C15H18FN3O2S. The third-order valence-corrected chi connectivity index (χ3v) is 5.01. The van der Waals surface area contributed by atoms with E-state index < -0.39 is 9.84 Å². The Kier molecular flexibility index (Phi) is 3.99. The Morgan fingerprint density at radius 1 is 1.36 bits per heavy atom. The van der Waals surface area contributed by atoms with Crippen molar-refractivity contribution in [3.63, 3.8) is 0 Å². The van der Waals surface area contributed by atoms with Crippen LogP contribution in [0.2, 0.25) is 0 Å². The van der Waals surface area contributed by atoms with Crippen LogP contribution in [0.1, 0.15) is 12.8 Å². The van der Waals surface area contributed by atoms with E-state index >= 15 is 0 Å². The second kappa shape index (κ2) is 5.79. The van der Waals surface area contributed by atoms with Crippen LogP contribution < -0.4 is 4.90 Å². The molecule has 0 amide bonds. The zero-order valence-corrected chi connectivity index (χ0v) is 13.2. The lowest BCUT2D eigenvalue weighted by Gasteiger charge is -2.33. The Labute approximate surface area is 129 Å². The van der Waals surface area contributed by atoms with Crippen molar-refractivity contribution >= 4 is 26.6 Å². The van der Waals surface area contributed by atoms with Crippen molar-refractivity contribution in [2.75, 3.05) is 30.0 Å². The SMILES string of the molecule is CS(=O)(=O)CC1CCCN(c2ncnc3cc(F)ccc23)C1. The summed E-state index contributed by atoms with van der Waals surface area (Å²) in [7, 11) is -2.99. The summed E-state index contributed by atoms with van der Waals surface area (Å²) in [6.07, 6.45) is 4.53. The molecule has 1 aromatic carbocycles. The molecule has 118 valence electrons. The van der Waals surface area contributed by atoms with Crippen LogP contribution >= 0.6 is 0 Å². The molecule has 3 rings (SSSR count). The molecule has 1 aromatic heterocycles. The Morgan fingerprint density at radius 3 is 2.95 bits per heavy atom. The summed E-state index contributed by atoms with van der Waals surface area (Å²) in [5, 5.41) is 0.795. The van der Waals surface area contributed by atoms with Crippen LogP contribution in [-0.4, -0.2) is 43.5 Å². The van der Waals surface area contributed by atoms with E-state index in [1.807, 2.05) is 0 Å². The van der Waals surface area contributed by atoms with Crippen LogP contribution in [0.4, 0.5) is 10.2 Å². The van der Waals surface area contributed by atoms with Crippen molar-refractivity contribution in [2.45, 2.75) is 12.8 Å². The summed E-state index contributed by atoms with van der Waals surface area (Å²) < 4.78 is 36.3. The number of piperidine rings is 1. The second-order valence-corrected chi connectivity index (χ2v) is 8.09. The first-order valence-electron chi connectivity index (χ1n) is 7.25. The molecule has 0 N–H and O–H groups in total. The zero-order valence-electron chi connectivity index (χ0n) is 12.4. The van der Waals surface area contributed by atoms with Gasteiger partial charge in [-0.05, 0) is 30.9 Å². The fraction of sp³-hybridized carbons (Fsp3) is 0.467. The Morgan fingerprint density at radius 2 is 2.18 bits per heavy atom. The number of aromatic nitrogens is 2. The first-order chi connectivity index (χ1) is 10.4. The molecule has 0 aliphatic carbocycles. The average molecular weight is 323 g/mol. The van der Waals surface area contributed by atoms with Crippen molar-refractivity contribution in [3.05, 3.63) is 30.3 Å². The van der Waals surface area contributed by atoms with Gasteiger partial charge in [-0.1, -0.05) is 0 Å². The number of sulfone groups is 1. The number of halogens is 1. The maximum atomic E-state index is 13.3. The molecule has 1 aliphatic rings. The van der Waals surface area contributed by atoms with Crippen molar-refractivity contribution in [3.8, 4) is 0 Å². The van der Waals surface area contributed by atoms with Gasteiger partial charge in [0.2, 0.25) is 0 Å². The Hall–Kier alpha value is -1.76. The van der Waals surface area contributed by atoms with Crippen LogP contribution in [0.15, 0.2) is 24.5 Å². The topological polar surface area (TPSA) is 63.2 Å². The summed E-state index contributed by atoms with van der Waals surface area (Å²) in [4.78, 5) is 10.5. The number of nitrogens with zero attached hydrogens (tertiary/aromatic N) is 3. The Balaban J connectivity index is 1.90. The van der Waals surface area contributed by atoms with Gasteiger partial charge >= 0.3 is 0 Å². The Bertz CT molecular complexity index is 794. The van der Waals surface area contributed by atoms with Gasteiger partial charge in [0.25, 0.3) is 0 Å².